The number of rotatable bonds is 51. The van der Waals surface area contributed by atoms with Gasteiger partial charge < -0.3 is 100 Å². The first-order valence-corrected chi connectivity index (χ1v) is 34.2. The van der Waals surface area contributed by atoms with Crippen molar-refractivity contribution < 1.29 is 104 Å². The number of carboxylic acids is 1. The molecule has 3 heterocycles. The molecule has 0 aromatic heterocycles. The Bertz CT molecular complexity index is 1900. The maximum Gasteiger partial charge on any atom is 0.364 e. The molecule has 3 aliphatic heterocycles. The number of hydrogen-bond acceptors (Lipinski definition) is 20. The summed E-state index contributed by atoms with van der Waals surface area (Å²) in [7, 11) is 0. The van der Waals surface area contributed by atoms with Crippen molar-refractivity contribution in [1.82, 2.24) is 10.6 Å². The van der Waals surface area contributed by atoms with Crippen LogP contribution in [0.4, 0.5) is 0 Å². The molecule has 23 nitrogen and oxygen atoms in total. The molecule has 0 aliphatic carbocycles. The number of aliphatic carboxylic acids is 1. The molecular weight excluding hydrogens is 1160 g/mol. The minimum Gasteiger partial charge on any atom is -0.477 e. The Morgan fingerprint density at radius 2 is 1.07 bits per heavy atom. The molecule has 18 unspecified atom stereocenters. The third kappa shape index (κ3) is 30.0. The Hall–Kier alpha value is -2.79. The first-order valence-electron chi connectivity index (χ1n) is 34.2. The molecule has 0 aromatic carbocycles. The summed E-state index contributed by atoms with van der Waals surface area (Å²) in [6.45, 7) is 2.08. The van der Waals surface area contributed by atoms with E-state index in [1.165, 1.54) is 128 Å². The standard InChI is InChI=1S/C66H120N2O21/c1-4-6-8-10-12-14-16-17-18-19-20-21-22-23-24-25-26-27-28-30-31-33-35-37-39-48(73)47(68-53(76)40-38-36-34-32-29-15-13-11-9-7-5-2)45-84-63-58(80)57(79)60(52(44-71)86-63)87-64-59(81)62(56(78)51(43-70)85-64)89-66(65(82)83)41-49(74)54(67-46(3)72)61(88-66)55(77)50(75)42-69/h11,13,37,39,47-52,54-64,69-71,73-75,77-81H,4-10,12,14-36,38,40-45H2,1-3H3,(H,67,72)(H,68,76)(H,82,83)/b13-11-,39-37+. The maximum absolute atomic E-state index is 13.4. The number of ether oxygens (including phenoxy) is 6. The van der Waals surface area contributed by atoms with Gasteiger partial charge in [0.05, 0.1) is 50.7 Å². The third-order valence-electron chi connectivity index (χ3n) is 17.4. The van der Waals surface area contributed by atoms with Gasteiger partial charge in [0.2, 0.25) is 11.8 Å². The van der Waals surface area contributed by atoms with Gasteiger partial charge >= 0.3 is 5.97 Å². The number of amides is 2. The van der Waals surface area contributed by atoms with Crippen molar-refractivity contribution >= 4 is 17.8 Å². The number of carbonyl (C=O) groups excluding carboxylic acids is 2. The molecule has 2 amide bonds. The smallest absolute Gasteiger partial charge is 0.364 e. The fourth-order valence-corrected chi connectivity index (χ4v) is 11.9. The van der Waals surface area contributed by atoms with E-state index in [1.807, 2.05) is 6.08 Å². The van der Waals surface area contributed by atoms with E-state index in [4.69, 9.17) is 28.4 Å². The average molecular weight is 1280 g/mol. The van der Waals surface area contributed by atoms with Gasteiger partial charge in [-0.25, -0.2) is 4.79 Å². The predicted molar refractivity (Wildman–Crippen MR) is 334 cm³/mol. The molecule has 0 radical (unpaired) electrons. The molecule has 18 atom stereocenters. The van der Waals surface area contributed by atoms with Crippen molar-refractivity contribution in [3.05, 3.63) is 24.3 Å². The Morgan fingerprint density at radius 1 is 0.584 bits per heavy atom. The number of nitrogens with one attached hydrogen (secondary N) is 2. The highest BCUT2D eigenvalue weighted by Gasteiger charge is 2.60. The van der Waals surface area contributed by atoms with Crippen LogP contribution in [0.1, 0.15) is 239 Å². The van der Waals surface area contributed by atoms with Crippen molar-refractivity contribution in [2.45, 2.75) is 349 Å². The molecule has 0 saturated carbocycles. The SMILES string of the molecule is CCCC/C=C\CCCCCCCC(=O)NC(COC1OC(CO)C(OC2OC(CO)C(O)C(OC3(C(=O)O)CC(O)C(NC(C)=O)C(C(O)C(O)CO)O3)C2O)C(O)C1O)C(O)/C=C/CCCCCCCCCCCCCCCCCCCCCCCC. The number of hydrogen-bond donors (Lipinski definition) is 14. The molecule has 89 heavy (non-hydrogen) atoms. The molecule has 0 bridgehead atoms. The monoisotopic (exact) mass is 1280 g/mol. The second-order valence-corrected chi connectivity index (χ2v) is 25.0. The third-order valence-corrected chi connectivity index (χ3v) is 17.4. The van der Waals surface area contributed by atoms with Gasteiger partial charge in [-0.05, 0) is 38.5 Å². The summed E-state index contributed by atoms with van der Waals surface area (Å²) in [5, 5.41) is 136. The lowest BCUT2D eigenvalue weighted by Gasteiger charge is -2.50. The zero-order valence-electron chi connectivity index (χ0n) is 54.0. The van der Waals surface area contributed by atoms with Gasteiger partial charge in [-0.1, -0.05) is 205 Å². The molecule has 0 aromatic rings. The van der Waals surface area contributed by atoms with Gasteiger partial charge in [0.25, 0.3) is 5.79 Å². The van der Waals surface area contributed by atoms with Crippen LogP contribution < -0.4 is 10.6 Å². The summed E-state index contributed by atoms with van der Waals surface area (Å²) in [4.78, 5) is 38.4. The van der Waals surface area contributed by atoms with Gasteiger partial charge in [-0.2, -0.15) is 0 Å². The summed E-state index contributed by atoms with van der Waals surface area (Å²) in [5.74, 6) is -6.15. The zero-order valence-corrected chi connectivity index (χ0v) is 54.0. The first kappa shape index (κ1) is 80.4. The molecule has 14 N–H and O–H groups in total. The van der Waals surface area contributed by atoms with Crippen LogP contribution in [0.2, 0.25) is 0 Å². The van der Waals surface area contributed by atoms with Crippen molar-refractivity contribution in [2.24, 2.45) is 0 Å². The molecule has 520 valence electrons. The highest BCUT2D eigenvalue weighted by molar-refractivity contribution is 5.77. The highest BCUT2D eigenvalue weighted by atomic mass is 16.8. The number of unbranched alkanes of at least 4 members (excludes halogenated alkanes) is 29. The van der Waals surface area contributed by atoms with Crippen LogP contribution in [0, 0.1) is 0 Å². The normalized spacial score (nSPS) is 28.9. The number of aliphatic hydroxyl groups excluding tert-OH is 11. The van der Waals surface area contributed by atoms with Gasteiger partial charge in [0, 0.05) is 19.8 Å². The molecular formula is C66H120N2O21. The molecule has 3 rings (SSSR count). The minimum atomic E-state index is -3.08. The summed E-state index contributed by atoms with van der Waals surface area (Å²) in [6.07, 6.45) is 16.8. The summed E-state index contributed by atoms with van der Waals surface area (Å²) in [5.41, 5.74) is 0. The summed E-state index contributed by atoms with van der Waals surface area (Å²) >= 11 is 0. The lowest BCUT2D eigenvalue weighted by Crippen LogP contribution is -2.70. The van der Waals surface area contributed by atoms with Crippen LogP contribution in [0.15, 0.2) is 24.3 Å². The van der Waals surface area contributed by atoms with Crippen LogP contribution in [-0.2, 0) is 42.8 Å². The highest BCUT2D eigenvalue weighted by Crippen LogP contribution is 2.39. The van der Waals surface area contributed by atoms with E-state index in [0.717, 1.165) is 71.1 Å². The van der Waals surface area contributed by atoms with E-state index in [-0.39, 0.29) is 12.3 Å². The average Bonchev–Trinajstić information content (AvgIpc) is 0.822. The van der Waals surface area contributed by atoms with Gasteiger partial charge in [-0.3, -0.25) is 9.59 Å². The van der Waals surface area contributed by atoms with Crippen LogP contribution in [0.3, 0.4) is 0 Å². The van der Waals surface area contributed by atoms with E-state index < -0.39 is 155 Å². The fourth-order valence-electron chi connectivity index (χ4n) is 11.9. The lowest BCUT2D eigenvalue weighted by atomic mass is 9.88. The quantitative estimate of drug-likeness (QED) is 0.0257. The first-order chi connectivity index (χ1) is 42.9. The van der Waals surface area contributed by atoms with Gasteiger partial charge in [-0.15, -0.1) is 0 Å². The fraction of sp³-hybridized carbons (Fsp3) is 0.894. The number of carboxylic acid groups (broad SMARTS) is 1. The largest absolute Gasteiger partial charge is 0.477 e. The van der Waals surface area contributed by atoms with Gasteiger partial charge in [0.15, 0.2) is 12.6 Å². The topological polar surface area (TPSA) is 373 Å². The second kappa shape index (κ2) is 47.1. The van der Waals surface area contributed by atoms with Crippen molar-refractivity contribution in [3.8, 4) is 0 Å². The van der Waals surface area contributed by atoms with Crippen LogP contribution >= 0.6 is 0 Å². The summed E-state index contributed by atoms with van der Waals surface area (Å²) < 4.78 is 34.7. The lowest BCUT2D eigenvalue weighted by molar-refractivity contribution is -0.386. The molecule has 3 saturated heterocycles. The van der Waals surface area contributed by atoms with Crippen molar-refractivity contribution in [3.63, 3.8) is 0 Å². The maximum atomic E-state index is 13.4. The molecule has 3 aliphatic rings. The minimum absolute atomic E-state index is 0.190. The number of aliphatic hydroxyl groups is 11. The Morgan fingerprint density at radius 3 is 1.56 bits per heavy atom. The Labute approximate surface area is 530 Å². The number of allylic oxidation sites excluding steroid dienone is 3. The van der Waals surface area contributed by atoms with Crippen LogP contribution in [0.25, 0.3) is 0 Å². The second-order valence-electron chi connectivity index (χ2n) is 25.0. The molecule has 3 fully saturated rings. The summed E-state index contributed by atoms with van der Waals surface area (Å²) in [6, 6.07) is -2.62. The van der Waals surface area contributed by atoms with Crippen molar-refractivity contribution in [1.29, 1.82) is 0 Å². The van der Waals surface area contributed by atoms with E-state index in [2.05, 4.69) is 36.6 Å². The van der Waals surface area contributed by atoms with E-state index >= 15 is 0 Å². The Kier molecular flexibility index (Phi) is 42.6. The molecule has 0 spiro atoms. The van der Waals surface area contributed by atoms with Gasteiger partial charge in [0.1, 0.15) is 67.1 Å². The molecule has 23 heteroatoms. The van der Waals surface area contributed by atoms with E-state index in [0.29, 0.717) is 12.8 Å². The van der Waals surface area contributed by atoms with E-state index in [9.17, 15) is 75.7 Å². The number of carbonyl (C=O) groups is 3. The van der Waals surface area contributed by atoms with Crippen LogP contribution in [0.5, 0.6) is 0 Å². The Balaban J connectivity index is 1.58. The predicted octanol–water partition coefficient (Wildman–Crippen LogP) is 5.67. The van der Waals surface area contributed by atoms with Crippen molar-refractivity contribution in [2.75, 3.05) is 26.4 Å². The van der Waals surface area contributed by atoms with Crippen LogP contribution in [-0.4, -0.2) is 215 Å². The zero-order chi connectivity index (χ0) is 65.4. The van der Waals surface area contributed by atoms with E-state index in [1.54, 1.807) is 6.08 Å².